The number of alkyl halides is 3. The van der Waals surface area contributed by atoms with E-state index >= 15 is 0 Å². The molecule has 1 rings (SSSR count). The second-order valence-corrected chi connectivity index (χ2v) is 3.21. The second kappa shape index (κ2) is 4.65. The molecule has 6 heteroatoms. The maximum absolute atomic E-state index is 12.3. The van der Waals surface area contributed by atoms with E-state index in [-0.39, 0.29) is 12.3 Å². The van der Waals surface area contributed by atoms with E-state index < -0.39 is 17.5 Å². The van der Waals surface area contributed by atoms with Crippen LogP contribution in [0, 0.1) is 0 Å². The van der Waals surface area contributed by atoms with Gasteiger partial charge in [0.2, 0.25) is 0 Å². The lowest BCUT2D eigenvalue weighted by molar-refractivity contribution is 0.149. The topological polar surface area (TPSA) is 53.1 Å². The summed E-state index contributed by atoms with van der Waals surface area (Å²) < 4.78 is 24.6. The number of aliphatic hydroxyl groups excluding tert-OH is 1. The molecule has 78 valence electrons. The zero-order valence-electron chi connectivity index (χ0n) is 7.06. The van der Waals surface area contributed by atoms with Crippen molar-refractivity contribution in [3.63, 3.8) is 0 Å². The summed E-state index contributed by atoms with van der Waals surface area (Å²) in [7, 11) is 0. The molecule has 0 aliphatic heterocycles. The first-order valence-corrected chi connectivity index (χ1v) is 4.92. The lowest BCUT2D eigenvalue weighted by Crippen LogP contribution is -2.16. The van der Waals surface area contributed by atoms with E-state index in [1.807, 2.05) is 0 Å². The highest BCUT2D eigenvalue weighted by atomic mass is 79.9. The number of rotatable bonds is 3. The van der Waals surface area contributed by atoms with Crippen molar-refractivity contribution in [3.05, 3.63) is 33.2 Å². The highest BCUT2D eigenvalue weighted by Gasteiger charge is 2.14. The van der Waals surface area contributed by atoms with Gasteiger partial charge in [0.05, 0.1) is 12.2 Å². The molecule has 0 fully saturated rings. The van der Waals surface area contributed by atoms with Crippen LogP contribution < -0.4 is 5.56 Å². The second-order valence-electron chi connectivity index (χ2n) is 2.65. The third-order valence-corrected chi connectivity index (χ3v) is 2.39. The summed E-state index contributed by atoms with van der Waals surface area (Å²) in [4.78, 5) is 13.3. The lowest BCUT2D eigenvalue weighted by Gasteiger charge is -2.06. The fourth-order valence-electron chi connectivity index (χ4n) is 1.05. The Hall–Kier alpha value is -0.750. The summed E-state index contributed by atoms with van der Waals surface area (Å²) in [6.45, 7) is -0.375. The monoisotopic (exact) mass is 267 g/mol. The molecule has 0 aliphatic rings. The molecule has 0 unspecified atom stereocenters. The van der Waals surface area contributed by atoms with Crippen LogP contribution in [0.3, 0.4) is 0 Å². The van der Waals surface area contributed by atoms with Crippen LogP contribution >= 0.6 is 15.9 Å². The number of pyridine rings is 1. The van der Waals surface area contributed by atoms with Crippen LogP contribution in [0.2, 0.25) is 0 Å². The normalized spacial score (nSPS) is 10.9. The Balaban J connectivity index is 3.31. The van der Waals surface area contributed by atoms with Crippen molar-refractivity contribution in [2.75, 3.05) is 0 Å². The minimum absolute atomic E-state index is 0.260. The first-order chi connectivity index (χ1) is 6.60. The predicted octanol–water partition coefficient (Wildman–Crippen LogP) is 1.70. The van der Waals surface area contributed by atoms with Gasteiger partial charge in [0.15, 0.2) is 0 Å². The van der Waals surface area contributed by atoms with Crippen LogP contribution in [0.25, 0.3) is 0 Å². The number of aromatic nitrogens is 1. The molecule has 1 heterocycles. The van der Waals surface area contributed by atoms with E-state index in [0.29, 0.717) is 10.9 Å². The van der Waals surface area contributed by atoms with E-state index in [9.17, 15) is 13.6 Å². The highest BCUT2D eigenvalue weighted by Crippen LogP contribution is 2.18. The van der Waals surface area contributed by atoms with Crippen molar-refractivity contribution >= 4 is 15.9 Å². The SMILES string of the molecule is O=c1[nH]c(CO)c(CBr)cc1C(F)F. The molecule has 0 saturated heterocycles. The van der Waals surface area contributed by atoms with Crippen LogP contribution in [0.1, 0.15) is 23.2 Å². The molecule has 0 aliphatic carbocycles. The van der Waals surface area contributed by atoms with Gasteiger partial charge in [-0.05, 0) is 11.6 Å². The van der Waals surface area contributed by atoms with Gasteiger partial charge in [0, 0.05) is 11.0 Å². The highest BCUT2D eigenvalue weighted by molar-refractivity contribution is 9.08. The van der Waals surface area contributed by atoms with Gasteiger partial charge in [-0.25, -0.2) is 8.78 Å². The Bertz CT molecular complexity index is 378. The molecule has 0 bridgehead atoms. The first-order valence-electron chi connectivity index (χ1n) is 3.80. The van der Waals surface area contributed by atoms with Crippen molar-refractivity contribution in [1.82, 2.24) is 4.98 Å². The number of aromatic amines is 1. The van der Waals surface area contributed by atoms with Gasteiger partial charge < -0.3 is 10.1 Å². The predicted molar refractivity (Wildman–Crippen MR) is 50.6 cm³/mol. The molecule has 0 saturated carbocycles. The van der Waals surface area contributed by atoms with E-state index in [1.54, 1.807) is 0 Å². The van der Waals surface area contributed by atoms with Gasteiger partial charge in [0.25, 0.3) is 12.0 Å². The van der Waals surface area contributed by atoms with E-state index in [0.717, 1.165) is 6.07 Å². The first kappa shape index (κ1) is 11.3. The number of hydrogen-bond acceptors (Lipinski definition) is 2. The zero-order valence-corrected chi connectivity index (χ0v) is 8.64. The molecular formula is C8H8BrF2NO2. The molecule has 0 radical (unpaired) electrons. The molecule has 14 heavy (non-hydrogen) atoms. The van der Waals surface area contributed by atoms with Crippen LogP contribution in [-0.4, -0.2) is 10.1 Å². The summed E-state index contributed by atoms with van der Waals surface area (Å²) in [5, 5.41) is 9.13. The fourth-order valence-corrected chi connectivity index (χ4v) is 1.55. The molecule has 0 aromatic carbocycles. The maximum Gasteiger partial charge on any atom is 0.269 e. The van der Waals surface area contributed by atoms with Gasteiger partial charge in [-0.3, -0.25) is 4.79 Å². The third-order valence-electron chi connectivity index (χ3n) is 1.78. The Labute approximate surface area is 86.9 Å². The average molecular weight is 268 g/mol. The van der Waals surface area contributed by atoms with E-state index in [4.69, 9.17) is 5.11 Å². The number of H-pyrrole nitrogens is 1. The number of nitrogens with one attached hydrogen (secondary N) is 1. The van der Waals surface area contributed by atoms with E-state index in [1.165, 1.54) is 0 Å². The molecule has 0 spiro atoms. The Morgan fingerprint density at radius 3 is 2.64 bits per heavy atom. The van der Waals surface area contributed by atoms with Gasteiger partial charge in [0.1, 0.15) is 0 Å². The smallest absolute Gasteiger partial charge is 0.269 e. The summed E-state index contributed by atoms with van der Waals surface area (Å²) in [6.07, 6.45) is -2.80. The van der Waals surface area contributed by atoms with Gasteiger partial charge in [-0.2, -0.15) is 0 Å². The van der Waals surface area contributed by atoms with Gasteiger partial charge in [-0.15, -0.1) is 0 Å². The molecule has 0 amide bonds. The molecular weight excluding hydrogens is 260 g/mol. The Morgan fingerprint density at radius 2 is 2.21 bits per heavy atom. The van der Waals surface area contributed by atoms with Crippen molar-refractivity contribution in [2.45, 2.75) is 18.4 Å². The Kier molecular flexibility index (Phi) is 3.77. The summed E-state index contributed by atoms with van der Waals surface area (Å²) >= 11 is 3.08. The fraction of sp³-hybridized carbons (Fsp3) is 0.375. The minimum Gasteiger partial charge on any atom is -0.390 e. The van der Waals surface area contributed by atoms with Crippen molar-refractivity contribution in [2.24, 2.45) is 0 Å². The average Bonchev–Trinajstić information content (AvgIpc) is 2.16. The van der Waals surface area contributed by atoms with Crippen molar-refractivity contribution < 1.29 is 13.9 Å². The summed E-state index contributed by atoms with van der Waals surface area (Å²) in [5.41, 5.74) is -0.705. The van der Waals surface area contributed by atoms with Crippen LogP contribution in [0.4, 0.5) is 8.78 Å². The quantitative estimate of drug-likeness (QED) is 0.820. The standard InChI is InChI=1S/C8H8BrF2NO2/c9-2-4-1-5(7(10)11)8(14)12-6(4)3-13/h1,7,13H,2-3H2,(H,12,14). The van der Waals surface area contributed by atoms with Crippen LogP contribution in [0.15, 0.2) is 10.9 Å². The van der Waals surface area contributed by atoms with Crippen LogP contribution in [0.5, 0.6) is 0 Å². The Morgan fingerprint density at radius 1 is 1.57 bits per heavy atom. The summed E-state index contributed by atoms with van der Waals surface area (Å²) in [5.74, 6) is 0. The number of halogens is 3. The van der Waals surface area contributed by atoms with Crippen molar-refractivity contribution in [3.8, 4) is 0 Å². The summed E-state index contributed by atoms with van der Waals surface area (Å²) in [6, 6.07) is 1.10. The molecule has 0 atom stereocenters. The van der Waals surface area contributed by atoms with Gasteiger partial charge >= 0.3 is 0 Å². The number of aliphatic hydroxyl groups is 1. The third kappa shape index (κ3) is 2.19. The lowest BCUT2D eigenvalue weighted by atomic mass is 10.1. The van der Waals surface area contributed by atoms with E-state index in [2.05, 4.69) is 20.9 Å². The minimum atomic E-state index is -2.80. The zero-order chi connectivity index (χ0) is 10.7. The number of hydrogen-bond donors (Lipinski definition) is 2. The maximum atomic E-state index is 12.3. The molecule has 3 nitrogen and oxygen atoms in total. The molecule has 1 aromatic rings. The van der Waals surface area contributed by atoms with Gasteiger partial charge in [-0.1, -0.05) is 15.9 Å². The van der Waals surface area contributed by atoms with Crippen LogP contribution in [-0.2, 0) is 11.9 Å². The van der Waals surface area contributed by atoms with Crippen molar-refractivity contribution in [1.29, 1.82) is 0 Å². The molecule has 2 N–H and O–H groups in total. The largest absolute Gasteiger partial charge is 0.390 e. The molecule has 1 aromatic heterocycles.